The zero-order chi connectivity index (χ0) is 15.4. The largest absolute Gasteiger partial charge is 0.423 e. The van der Waals surface area contributed by atoms with Crippen molar-refractivity contribution in [3.8, 4) is 5.75 Å². The Labute approximate surface area is 131 Å². The monoisotopic (exact) mass is 292 g/mol. The van der Waals surface area contributed by atoms with Crippen LogP contribution in [0.3, 0.4) is 0 Å². The van der Waals surface area contributed by atoms with Gasteiger partial charge in [-0.15, -0.1) is 0 Å². The van der Waals surface area contributed by atoms with E-state index >= 15 is 0 Å². The Morgan fingerprint density at radius 2 is 1.73 bits per heavy atom. The number of hydrogen-bond acceptors (Lipinski definition) is 2. The summed E-state index contributed by atoms with van der Waals surface area (Å²) in [6.45, 7) is 2.04. The first-order chi connectivity index (χ1) is 10.7. The molecule has 1 aliphatic carbocycles. The van der Waals surface area contributed by atoms with Crippen molar-refractivity contribution in [2.24, 2.45) is 0 Å². The minimum Gasteiger partial charge on any atom is -0.423 e. The zero-order valence-electron chi connectivity index (χ0n) is 12.8. The highest BCUT2D eigenvalue weighted by Crippen LogP contribution is 2.25. The van der Waals surface area contributed by atoms with Gasteiger partial charge in [0.25, 0.3) is 0 Å². The number of fused-ring (bicyclic) bond motifs is 1. The summed E-state index contributed by atoms with van der Waals surface area (Å²) in [5.74, 6) is 0.301. The predicted octanol–water partition coefficient (Wildman–Crippen LogP) is 4.49. The molecule has 2 heteroatoms. The van der Waals surface area contributed by atoms with E-state index in [0.717, 1.165) is 18.4 Å². The minimum atomic E-state index is -0.337. The van der Waals surface area contributed by atoms with E-state index in [1.165, 1.54) is 35.6 Å². The Morgan fingerprint density at radius 1 is 1.00 bits per heavy atom. The number of rotatable bonds is 3. The molecule has 0 bridgehead atoms. The summed E-state index contributed by atoms with van der Waals surface area (Å²) >= 11 is 0. The molecule has 22 heavy (non-hydrogen) atoms. The molecule has 0 heterocycles. The van der Waals surface area contributed by atoms with Gasteiger partial charge in [-0.1, -0.05) is 35.9 Å². The lowest BCUT2D eigenvalue weighted by atomic mass is 9.92. The Hall–Kier alpha value is -2.35. The van der Waals surface area contributed by atoms with Crippen molar-refractivity contribution in [1.82, 2.24) is 0 Å². The highest BCUT2D eigenvalue weighted by Gasteiger charge is 2.10. The molecule has 0 atom stereocenters. The van der Waals surface area contributed by atoms with E-state index in [2.05, 4.69) is 6.07 Å². The highest BCUT2D eigenvalue weighted by molar-refractivity contribution is 5.88. The maximum Gasteiger partial charge on any atom is 0.336 e. The second-order valence-electron chi connectivity index (χ2n) is 5.80. The third-order valence-electron chi connectivity index (χ3n) is 4.03. The van der Waals surface area contributed by atoms with Gasteiger partial charge in [0.1, 0.15) is 5.75 Å². The summed E-state index contributed by atoms with van der Waals surface area (Å²) in [5.41, 5.74) is 4.90. The van der Waals surface area contributed by atoms with Crippen molar-refractivity contribution in [2.75, 3.05) is 0 Å². The standard InChI is InChI=1S/C20H20O2/c1-15-6-8-16(9-7-15)10-13-20(21)22-19-12-11-17-4-2-3-5-18(17)14-19/h6-14H,2-5H2,1H3/b13-10+. The Balaban J connectivity index is 1.65. The fraction of sp³-hybridized carbons (Fsp3) is 0.250. The van der Waals surface area contributed by atoms with Gasteiger partial charge in [-0.25, -0.2) is 4.79 Å². The number of aryl methyl sites for hydroxylation is 3. The first-order valence-electron chi connectivity index (χ1n) is 7.79. The lowest BCUT2D eigenvalue weighted by molar-refractivity contribution is -0.128. The summed E-state index contributed by atoms with van der Waals surface area (Å²) in [5, 5.41) is 0. The molecule has 3 rings (SSSR count). The van der Waals surface area contributed by atoms with Crippen LogP contribution in [-0.2, 0) is 17.6 Å². The Bertz CT molecular complexity index is 696. The molecule has 0 radical (unpaired) electrons. The zero-order valence-corrected chi connectivity index (χ0v) is 12.8. The van der Waals surface area contributed by atoms with E-state index in [1.54, 1.807) is 6.08 Å². The molecule has 0 saturated carbocycles. The summed E-state index contributed by atoms with van der Waals surface area (Å²) in [7, 11) is 0. The maximum atomic E-state index is 11.9. The van der Waals surface area contributed by atoms with E-state index in [1.807, 2.05) is 43.3 Å². The van der Waals surface area contributed by atoms with Gasteiger partial charge in [0, 0.05) is 6.08 Å². The average Bonchev–Trinajstić information content (AvgIpc) is 2.54. The van der Waals surface area contributed by atoms with Crippen molar-refractivity contribution >= 4 is 12.0 Å². The average molecular weight is 292 g/mol. The predicted molar refractivity (Wildman–Crippen MR) is 88.9 cm³/mol. The lowest BCUT2D eigenvalue weighted by Gasteiger charge is -2.16. The number of carbonyl (C=O) groups is 1. The first-order valence-corrected chi connectivity index (χ1v) is 7.79. The Morgan fingerprint density at radius 3 is 2.50 bits per heavy atom. The van der Waals surface area contributed by atoms with Crippen molar-refractivity contribution in [2.45, 2.75) is 32.6 Å². The molecule has 0 unspecified atom stereocenters. The quantitative estimate of drug-likeness (QED) is 0.473. The van der Waals surface area contributed by atoms with E-state index in [-0.39, 0.29) is 5.97 Å². The van der Waals surface area contributed by atoms with Gasteiger partial charge in [-0.2, -0.15) is 0 Å². The van der Waals surface area contributed by atoms with Crippen LogP contribution in [0.4, 0.5) is 0 Å². The molecule has 112 valence electrons. The Kier molecular flexibility index (Phi) is 4.38. The van der Waals surface area contributed by atoms with Crippen molar-refractivity contribution < 1.29 is 9.53 Å². The van der Waals surface area contributed by atoms with E-state index < -0.39 is 0 Å². The summed E-state index contributed by atoms with van der Waals surface area (Å²) in [6, 6.07) is 14.0. The SMILES string of the molecule is Cc1ccc(/C=C/C(=O)Oc2ccc3c(c2)CCCC3)cc1. The molecule has 2 aromatic rings. The fourth-order valence-electron chi connectivity index (χ4n) is 2.77. The van der Waals surface area contributed by atoms with Crippen molar-refractivity contribution in [1.29, 1.82) is 0 Å². The van der Waals surface area contributed by atoms with Crippen LogP contribution in [0.25, 0.3) is 6.08 Å². The van der Waals surface area contributed by atoms with Gasteiger partial charge < -0.3 is 4.74 Å². The molecular weight excluding hydrogens is 272 g/mol. The number of esters is 1. The normalized spacial score (nSPS) is 13.9. The first kappa shape index (κ1) is 14.6. The van der Waals surface area contributed by atoms with E-state index in [4.69, 9.17) is 4.74 Å². The molecular formula is C20H20O2. The molecule has 0 saturated heterocycles. The van der Waals surface area contributed by atoms with Crippen LogP contribution < -0.4 is 4.74 Å². The highest BCUT2D eigenvalue weighted by atomic mass is 16.5. The fourth-order valence-corrected chi connectivity index (χ4v) is 2.77. The van der Waals surface area contributed by atoms with Crippen LogP contribution in [-0.4, -0.2) is 5.97 Å². The molecule has 0 aromatic heterocycles. The second-order valence-corrected chi connectivity index (χ2v) is 5.80. The number of ether oxygens (including phenoxy) is 1. The van der Waals surface area contributed by atoms with Crippen LogP contribution in [0.1, 0.15) is 35.1 Å². The molecule has 2 nitrogen and oxygen atoms in total. The maximum absolute atomic E-state index is 11.9. The van der Waals surface area contributed by atoms with E-state index in [0.29, 0.717) is 5.75 Å². The molecule has 0 aliphatic heterocycles. The van der Waals surface area contributed by atoms with Crippen LogP contribution in [0.2, 0.25) is 0 Å². The molecule has 0 N–H and O–H groups in total. The summed E-state index contributed by atoms with van der Waals surface area (Å²) < 4.78 is 5.40. The van der Waals surface area contributed by atoms with Gasteiger partial charge in [0.2, 0.25) is 0 Å². The smallest absolute Gasteiger partial charge is 0.336 e. The number of carbonyl (C=O) groups excluding carboxylic acids is 1. The van der Waals surface area contributed by atoms with Gasteiger partial charge in [0.15, 0.2) is 0 Å². The van der Waals surface area contributed by atoms with Gasteiger partial charge in [0.05, 0.1) is 0 Å². The van der Waals surface area contributed by atoms with Crippen LogP contribution in [0, 0.1) is 6.92 Å². The topological polar surface area (TPSA) is 26.3 Å². The van der Waals surface area contributed by atoms with Gasteiger partial charge in [-0.3, -0.25) is 0 Å². The lowest BCUT2D eigenvalue weighted by Crippen LogP contribution is -2.06. The van der Waals surface area contributed by atoms with Crippen molar-refractivity contribution in [3.05, 3.63) is 70.8 Å². The van der Waals surface area contributed by atoms with Crippen LogP contribution in [0.5, 0.6) is 5.75 Å². The third-order valence-corrected chi connectivity index (χ3v) is 4.03. The molecule has 0 spiro atoms. The molecule has 0 amide bonds. The van der Waals surface area contributed by atoms with E-state index in [9.17, 15) is 4.79 Å². The summed E-state index contributed by atoms with van der Waals surface area (Å²) in [6.07, 6.45) is 7.95. The molecule has 0 fully saturated rings. The number of benzene rings is 2. The summed E-state index contributed by atoms with van der Waals surface area (Å²) in [4.78, 5) is 11.9. The number of hydrogen-bond donors (Lipinski definition) is 0. The molecule has 1 aliphatic rings. The second kappa shape index (κ2) is 6.61. The van der Waals surface area contributed by atoms with Crippen LogP contribution >= 0.6 is 0 Å². The van der Waals surface area contributed by atoms with Gasteiger partial charge >= 0.3 is 5.97 Å². The molecule has 2 aromatic carbocycles. The minimum absolute atomic E-state index is 0.337. The third kappa shape index (κ3) is 3.64. The van der Waals surface area contributed by atoms with Crippen molar-refractivity contribution in [3.63, 3.8) is 0 Å². The van der Waals surface area contributed by atoms with Crippen LogP contribution in [0.15, 0.2) is 48.5 Å². The van der Waals surface area contributed by atoms with Gasteiger partial charge in [-0.05, 0) is 67.5 Å².